The van der Waals surface area contributed by atoms with E-state index in [0.29, 0.717) is 12.5 Å². The Balaban J connectivity index is 1.50. The van der Waals surface area contributed by atoms with Gasteiger partial charge in [0.2, 0.25) is 0 Å². The van der Waals surface area contributed by atoms with Gasteiger partial charge in [0.15, 0.2) is 0 Å². The molecule has 0 fully saturated rings. The maximum atomic E-state index is 12.8. The number of carbonyl (C=O) groups excluding carboxylic acids is 1. The number of aryl methyl sites for hydroxylation is 3. The summed E-state index contributed by atoms with van der Waals surface area (Å²) in [4.78, 5) is 15.4. The molecule has 0 amide bonds. The normalized spacial score (nSPS) is 16.6. The molecule has 0 N–H and O–H groups in total. The van der Waals surface area contributed by atoms with Crippen LogP contribution < -0.4 is 0 Å². The van der Waals surface area contributed by atoms with E-state index in [9.17, 15) is 4.79 Å². The number of ether oxygens (including phenoxy) is 1. The molecule has 204 valence electrons. The number of aromatic nitrogens is 3. The lowest BCUT2D eigenvalue weighted by molar-refractivity contribution is -0.143. The molecule has 1 aliphatic heterocycles. The third-order valence-electron chi connectivity index (χ3n) is 8.41. The quantitative estimate of drug-likeness (QED) is 0.255. The van der Waals surface area contributed by atoms with E-state index < -0.39 is 0 Å². The van der Waals surface area contributed by atoms with Gasteiger partial charge in [-0.15, -0.1) is 5.10 Å². The first-order chi connectivity index (χ1) is 18.9. The zero-order valence-electron chi connectivity index (χ0n) is 23.9. The van der Waals surface area contributed by atoms with Crippen LogP contribution in [0.3, 0.4) is 0 Å². The molecule has 6 nitrogen and oxygen atoms in total. The number of nitrogens with zero attached hydrogens (tertiary/aromatic N) is 4. The number of benzene rings is 3. The van der Waals surface area contributed by atoms with Crippen molar-refractivity contribution in [1.29, 1.82) is 0 Å². The fraction of sp³-hybridized carbons (Fsp3) is 0.424. The van der Waals surface area contributed by atoms with E-state index in [-0.39, 0.29) is 18.3 Å². The average Bonchev–Trinajstić information content (AvgIpc) is 3.20. The molecule has 0 saturated heterocycles. The fourth-order valence-corrected chi connectivity index (χ4v) is 6.09. The maximum Gasteiger partial charge on any atom is 0.306 e. The Morgan fingerprint density at radius 1 is 1.08 bits per heavy atom. The van der Waals surface area contributed by atoms with E-state index in [2.05, 4.69) is 90.6 Å². The molecule has 3 aromatic carbocycles. The Bertz CT molecular complexity index is 1470. The number of hydrogen-bond donors (Lipinski definition) is 0. The summed E-state index contributed by atoms with van der Waals surface area (Å²) in [5.41, 5.74) is 10.7. The summed E-state index contributed by atoms with van der Waals surface area (Å²) in [5.74, 6) is 0.344. The SMILES string of the molecule is CCOC(=O)CC(c1ccc(C)c(CN2Cc3ccccc3CC(CC)C2)c1)c1ccc2c(nnn2C)c1C. The average molecular weight is 525 g/mol. The summed E-state index contributed by atoms with van der Waals surface area (Å²) < 4.78 is 7.21. The van der Waals surface area contributed by atoms with Crippen molar-refractivity contribution in [2.45, 2.75) is 66.0 Å². The van der Waals surface area contributed by atoms with Crippen LogP contribution in [0, 0.1) is 19.8 Å². The van der Waals surface area contributed by atoms with Gasteiger partial charge in [0.25, 0.3) is 0 Å². The fourth-order valence-electron chi connectivity index (χ4n) is 6.09. The molecule has 2 unspecified atom stereocenters. The highest BCUT2D eigenvalue weighted by atomic mass is 16.5. The van der Waals surface area contributed by atoms with E-state index in [4.69, 9.17) is 4.74 Å². The van der Waals surface area contributed by atoms with Gasteiger partial charge in [-0.25, -0.2) is 4.68 Å². The Morgan fingerprint density at radius 2 is 1.87 bits per heavy atom. The van der Waals surface area contributed by atoms with Crippen molar-refractivity contribution in [2.24, 2.45) is 13.0 Å². The molecule has 0 radical (unpaired) electrons. The molecule has 2 heterocycles. The molecular weight excluding hydrogens is 484 g/mol. The Kier molecular flexibility index (Phi) is 8.12. The third-order valence-corrected chi connectivity index (χ3v) is 8.41. The van der Waals surface area contributed by atoms with Crippen LogP contribution >= 0.6 is 0 Å². The van der Waals surface area contributed by atoms with E-state index >= 15 is 0 Å². The lowest BCUT2D eigenvalue weighted by Crippen LogP contribution is -2.27. The summed E-state index contributed by atoms with van der Waals surface area (Å²) in [6, 6.07) is 19.8. The van der Waals surface area contributed by atoms with E-state index in [1.165, 1.54) is 28.7 Å². The van der Waals surface area contributed by atoms with Crippen LogP contribution in [0.2, 0.25) is 0 Å². The largest absolute Gasteiger partial charge is 0.466 e. The molecule has 39 heavy (non-hydrogen) atoms. The van der Waals surface area contributed by atoms with Crippen molar-refractivity contribution in [2.75, 3.05) is 13.2 Å². The Labute approximate surface area is 232 Å². The number of fused-ring (bicyclic) bond motifs is 2. The molecule has 5 rings (SSSR count). The van der Waals surface area contributed by atoms with E-state index in [1.54, 1.807) is 4.68 Å². The molecule has 0 spiro atoms. The molecule has 1 aromatic heterocycles. The standard InChI is InChI=1S/C33H40N4O2/c1-6-24-16-25-10-8-9-11-27(25)20-37(19-24)21-28-17-26(13-12-22(28)3)30(18-32(38)39-7-2)29-14-15-31-33(23(29)4)34-35-36(31)5/h8-15,17,24,30H,6-7,16,18-21H2,1-5H3. The number of esters is 1. The molecule has 0 aliphatic carbocycles. The van der Waals surface area contributed by atoms with Gasteiger partial charge < -0.3 is 4.74 Å². The van der Waals surface area contributed by atoms with Gasteiger partial charge in [0.05, 0.1) is 18.5 Å². The zero-order chi connectivity index (χ0) is 27.5. The highest BCUT2D eigenvalue weighted by molar-refractivity contribution is 5.80. The number of rotatable bonds is 8. The second-order valence-corrected chi connectivity index (χ2v) is 11.0. The van der Waals surface area contributed by atoms with Crippen molar-refractivity contribution in [3.8, 4) is 0 Å². The smallest absolute Gasteiger partial charge is 0.306 e. The second kappa shape index (κ2) is 11.7. The van der Waals surface area contributed by atoms with Crippen LogP contribution in [0.15, 0.2) is 54.6 Å². The predicted molar refractivity (Wildman–Crippen MR) is 156 cm³/mol. The summed E-state index contributed by atoms with van der Waals surface area (Å²) >= 11 is 0. The monoisotopic (exact) mass is 524 g/mol. The third kappa shape index (κ3) is 5.76. The number of hydrogen-bond acceptors (Lipinski definition) is 5. The highest BCUT2D eigenvalue weighted by Gasteiger charge is 2.25. The molecular formula is C33H40N4O2. The molecule has 2 atom stereocenters. The van der Waals surface area contributed by atoms with E-state index in [0.717, 1.165) is 53.8 Å². The second-order valence-electron chi connectivity index (χ2n) is 11.0. The van der Waals surface area contributed by atoms with Crippen LogP contribution in [0.5, 0.6) is 0 Å². The van der Waals surface area contributed by atoms with Crippen LogP contribution in [-0.4, -0.2) is 39.0 Å². The van der Waals surface area contributed by atoms with Crippen LogP contribution in [-0.2, 0) is 36.1 Å². The van der Waals surface area contributed by atoms with Gasteiger partial charge in [-0.05, 0) is 78.1 Å². The van der Waals surface area contributed by atoms with Gasteiger partial charge in [0, 0.05) is 32.6 Å². The lowest BCUT2D eigenvalue weighted by atomic mass is 9.84. The van der Waals surface area contributed by atoms with Gasteiger partial charge in [-0.2, -0.15) is 0 Å². The highest BCUT2D eigenvalue weighted by Crippen LogP contribution is 2.35. The lowest BCUT2D eigenvalue weighted by Gasteiger charge is -2.26. The van der Waals surface area contributed by atoms with Gasteiger partial charge in [0.1, 0.15) is 5.52 Å². The van der Waals surface area contributed by atoms with Gasteiger partial charge in [-0.1, -0.05) is 67.1 Å². The van der Waals surface area contributed by atoms with Crippen molar-refractivity contribution in [1.82, 2.24) is 19.9 Å². The number of carbonyl (C=O) groups is 1. The molecule has 1 aliphatic rings. The maximum absolute atomic E-state index is 12.8. The van der Waals surface area contributed by atoms with Crippen LogP contribution in [0.4, 0.5) is 0 Å². The first-order valence-corrected chi connectivity index (χ1v) is 14.2. The Hall–Kier alpha value is -3.51. The zero-order valence-corrected chi connectivity index (χ0v) is 23.9. The van der Waals surface area contributed by atoms with Crippen molar-refractivity contribution in [3.63, 3.8) is 0 Å². The van der Waals surface area contributed by atoms with Crippen molar-refractivity contribution < 1.29 is 9.53 Å². The van der Waals surface area contributed by atoms with Crippen LogP contribution in [0.1, 0.15) is 71.6 Å². The van der Waals surface area contributed by atoms with Crippen molar-refractivity contribution >= 4 is 17.0 Å². The minimum atomic E-state index is -0.182. The first kappa shape index (κ1) is 27.1. The van der Waals surface area contributed by atoms with Crippen molar-refractivity contribution in [3.05, 3.63) is 93.5 Å². The van der Waals surface area contributed by atoms with Gasteiger partial charge in [-0.3, -0.25) is 9.69 Å². The molecule has 4 aromatic rings. The summed E-state index contributed by atoms with van der Waals surface area (Å²) in [6.45, 7) is 11.8. The van der Waals surface area contributed by atoms with Gasteiger partial charge >= 0.3 is 5.97 Å². The topological polar surface area (TPSA) is 60.2 Å². The predicted octanol–water partition coefficient (Wildman–Crippen LogP) is 6.25. The minimum Gasteiger partial charge on any atom is -0.466 e. The molecule has 0 bridgehead atoms. The molecule has 6 heteroatoms. The summed E-state index contributed by atoms with van der Waals surface area (Å²) in [6.07, 6.45) is 2.61. The van der Waals surface area contributed by atoms with Crippen LogP contribution in [0.25, 0.3) is 11.0 Å². The molecule has 0 saturated carbocycles. The Morgan fingerprint density at radius 3 is 2.64 bits per heavy atom. The minimum absolute atomic E-state index is 0.122. The summed E-state index contributed by atoms with van der Waals surface area (Å²) in [5, 5.41) is 8.63. The van der Waals surface area contributed by atoms with E-state index in [1.807, 2.05) is 14.0 Å². The summed E-state index contributed by atoms with van der Waals surface area (Å²) in [7, 11) is 1.90. The first-order valence-electron chi connectivity index (χ1n) is 14.2.